The third kappa shape index (κ3) is 4.07. The number of halogens is 2. The van der Waals surface area contributed by atoms with E-state index < -0.39 is 20.0 Å². The molecule has 2 aromatic rings. The Hall–Kier alpha value is -0.940. The average molecular weight is 470 g/mol. The zero-order valence-electron chi connectivity index (χ0n) is 10.8. The van der Waals surface area contributed by atoms with Crippen LogP contribution in [0, 0.1) is 0 Å². The highest BCUT2D eigenvalue weighted by Gasteiger charge is 2.18. The van der Waals surface area contributed by atoms with Gasteiger partial charge in [-0.05, 0) is 58.4 Å². The first-order valence-corrected chi connectivity index (χ1v) is 10.3. The monoisotopic (exact) mass is 468 g/mol. The van der Waals surface area contributed by atoms with Crippen molar-refractivity contribution in [2.24, 2.45) is 5.14 Å². The summed E-state index contributed by atoms with van der Waals surface area (Å²) in [5.74, 6) is 0. The van der Waals surface area contributed by atoms with Gasteiger partial charge in [-0.1, -0.05) is 15.9 Å². The van der Waals surface area contributed by atoms with Crippen molar-refractivity contribution in [1.29, 1.82) is 0 Å². The lowest BCUT2D eigenvalue weighted by Gasteiger charge is -2.10. The fourth-order valence-corrected chi connectivity index (χ4v) is 4.68. The Balaban J connectivity index is 2.35. The SMILES string of the molecule is NS(=O)(=O)c1ccc(NS(=O)(=O)c2cc(Br)ccc2Br)cc1. The van der Waals surface area contributed by atoms with E-state index in [9.17, 15) is 16.8 Å². The molecule has 2 rings (SSSR count). The van der Waals surface area contributed by atoms with Gasteiger partial charge in [-0.15, -0.1) is 0 Å². The molecule has 0 bridgehead atoms. The van der Waals surface area contributed by atoms with Gasteiger partial charge in [0.25, 0.3) is 10.0 Å². The van der Waals surface area contributed by atoms with Gasteiger partial charge in [0.2, 0.25) is 10.0 Å². The molecule has 6 nitrogen and oxygen atoms in total. The minimum atomic E-state index is -3.82. The second-order valence-electron chi connectivity index (χ2n) is 4.25. The number of rotatable bonds is 4. The molecule has 0 fully saturated rings. The lowest BCUT2D eigenvalue weighted by molar-refractivity contribution is 0.597. The van der Waals surface area contributed by atoms with Gasteiger partial charge in [-0.3, -0.25) is 4.72 Å². The summed E-state index contributed by atoms with van der Waals surface area (Å²) in [6.07, 6.45) is 0. The van der Waals surface area contributed by atoms with Gasteiger partial charge in [-0.25, -0.2) is 22.0 Å². The lowest BCUT2D eigenvalue weighted by Crippen LogP contribution is -2.14. The van der Waals surface area contributed by atoms with E-state index in [4.69, 9.17) is 5.14 Å². The summed E-state index contributed by atoms with van der Waals surface area (Å²) in [6.45, 7) is 0. The Morgan fingerprint density at radius 2 is 1.50 bits per heavy atom. The quantitative estimate of drug-likeness (QED) is 0.717. The van der Waals surface area contributed by atoms with Gasteiger partial charge < -0.3 is 0 Å². The zero-order chi connectivity index (χ0) is 16.5. The first kappa shape index (κ1) is 17.4. The molecular weight excluding hydrogens is 460 g/mol. The molecule has 10 heteroatoms. The Labute approximate surface area is 145 Å². The van der Waals surface area contributed by atoms with Crippen LogP contribution < -0.4 is 9.86 Å². The Kier molecular flexibility index (Phi) is 4.97. The fourth-order valence-electron chi connectivity index (χ4n) is 1.61. The number of sulfonamides is 2. The molecule has 0 radical (unpaired) electrons. The smallest absolute Gasteiger partial charge is 0.263 e. The van der Waals surface area contributed by atoms with Crippen molar-refractivity contribution in [3.05, 3.63) is 51.4 Å². The molecule has 0 aliphatic rings. The number of nitrogens with one attached hydrogen (secondary N) is 1. The van der Waals surface area contributed by atoms with E-state index in [-0.39, 0.29) is 15.5 Å². The van der Waals surface area contributed by atoms with Crippen LogP contribution in [-0.4, -0.2) is 16.8 Å². The number of primary sulfonamides is 1. The molecule has 0 saturated carbocycles. The summed E-state index contributed by atoms with van der Waals surface area (Å²) < 4.78 is 50.4. The van der Waals surface area contributed by atoms with Crippen molar-refractivity contribution >= 4 is 57.6 Å². The molecule has 0 saturated heterocycles. The van der Waals surface area contributed by atoms with Gasteiger partial charge in [0.05, 0.1) is 4.90 Å². The molecule has 0 aromatic heterocycles. The van der Waals surface area contributed by atoms with E-state index in [1.807, 2.05) is 0 Å². The number of benzene rings is 2. The van der Waals surface area contributed by atoms with Crippen molar-refractivity contribution in [2.45, 2.75) is 9.79 Å². The van der Waals surface area contributed by atoms with Crippen molar-refractivity contribution in [3.63, 3.8) is 0 Å². The minimum Gasteiger partial charge on any atom is -0.280 e. The third-order valence-corrected chi connectivity index (χ3v) is 6.42. The van der Waals surface area contributed by atoms with Gasteiger partial charge in [-0.2, -0.15) is 0 Å². The topological polar surface area (TPSA) is 106 Å². The summed E-state index contributed by atoms with van der Waals surface area (Å²) in [5.41, 5.74) is 0.222. The standard InChI is InChI=1S/C12H10Br2N2O4S2/c13-8-1-6-11(14)12(7-8)22(19,20)16-9-2-4-10(5-3-9)21(15,17)18/h1-7,16H,(H2,15,17,18). The molecule has 0 heterocycles. The molecular formula is C12H10Br2N2O4S2. The van der Waals surface area contributed by atoms with Crippen LogP contribution in [0.15, 0.2) is 61.2 Å². The molecule has 0 spiro atoms. The molecule has 0 atom stereocenters. The number of hydrogen-bond donors (Lipinski definition) is 2. The van der Waals surface area contributed by atoms with Gasteiger partial charge in [0.15, 0.2) is 0 Å². The van der Waals surface area contributed by atoms with Crippen LogP contribution in [0.2, 0.25) is 0 Å². The number of anilines is 1. The van der Waals surface area contributed by atoms with Crippen LogP contribution in [0.5, 0.6) is 0 Å². The van der Waals surface area contributed by atoms with Crippen molar-refractivity contribution < 1.29 is 16.8 Å². The molecule has 0 aliphatic heterocycles. The maximum atomic E-state index is 12.4. The van der Waals surface area contributed by atoms with E-state index in [1.54, 1.807) is 12.1 Å². The second-order valence-corrected chi connectivity index (χ2v) is 9.23. The van der Waals surface area contributed by atoms with E-state index in [1.165, 1.54) is 30.3 Å². The highest BCUT2D eigenvalue weighted by Crippen LogP contribution is 2.27. The number of hydrogen-bond acceptors (Lipinski definition) is 4. The largest absolute Gasteiger partial charge is 0.280 e. The van der Waals surface area contributed by atoms with Crippen LogP contribution in [0.4, 0.5) is 5.69 Å². The van der Waals surface area contributed by atoms with Crippen LogP contribution in [-0.2, 0) is 20.0 Å². The normalized spacial score (nSPS) is 12.1. The van der Waals surface area contributed by atoms with Crippen LogP contribution >= 0.6 is 31.9 Å². The highest BCUT2D eigenvalue weighted by atomic mass is 79.9. The summed E-state index contributed by atoms with van der Waals surface area (Å²) in [7, 11) is -7.64. The van der Waals surface area contributed by atoms with E-state index in [0.29, 0.717) is 8.95 Å². The molecule has 0 aliphatic carbocycles. The van der Waals surface area contributed by atoms with Crippen molar-refractivity contribution in [1.82, 2.24) is 0 Å². The van der Waals surface area contributed by atoms with Gasteiger partial charge >= 0.3 is 0 Å². The maximum Gasteiger partial charge on any atom is 0.263 e. The molecule has 3 N–H and O–H groups in total. The zero-order valence-corrected chi connectivity index (χ0v) is 15.6. The molecule has 0 amide bonds. The summed E-state index contributed by atoms with van der Waals surface area (Å²) >= 11 is 6.39. The molecule has 2 aromatic carbocycles. The second kappa shape index (κ2) is 6.28. The van der Waals surface area contributed by atoms with E-state index >= 15 is 0 Å². The van der Waals surface area contributed by atoms with Crippen LogP contribution in [0.25, 0.3) is 0 Å². The van der Waals surface area contributed by atoms with Crippen LogP contribution in [0.3, 0.4) is 0 Å². The van der Waals surface area contributed by atoms with E-state index in [2.05, 4.69) is 36.6 Å². The molecule has 22 heavy (non-hydrogen) atoms. The first-order chi connectivity index (χ1) is 10.1. The molecule has 118 valence electrons. The minimum absolute atomic E-state index is 0.0531. The Morgan fingerprint density at radius 3 is 2.05 bits per heavy atom. The van der Waals surface area contributed by atoms with Crippen molar-refractivity contribution in [2.75, 3.05) is 4.72 Å². The highest BCUT2D eigenvalue weighted by molar-refractivity contribution is 9.11. The summed E-state index contributed by atoms with van der Waals surface area (Å²) in [6, 6.07) is 9.84. The summed E-state index contributed by atoms with van der Waals surface area (Å²) in [5, 5.41) is 4.98. The number of nitrogens with two attached hydrogens (primary N) is 1. The average Bonchev–Trinajstić information content (AvgIpc) is 2.40. The molecule has 0 unspecified atom stereocenters. The Morgan fingerprint density at radius 1 is 0.909 bits per heavy atom. The fraction of sp³-hybridized carbons (Fsp3) is 0. The summed E-state index contributed by atoms with van der Waals surface area (Å²) in [4.78, 5) is -0.0449. The van der Waals surface area contributed by atoms with Gasteiger partial charge in [0.1, 0.15) is 4.90 Å². The predicted molar refractivity (Wildman–Crippen MR) is 90.5 cm³/mol. The van der Waals surface area contributed by atoms with E-state index in [0.717, 1.165) is 0 Å². The van der Waals surface area contributed by atoms with Crippen LogP contribution in [0.1, 0.15) is 0 Å². The van der Waals surface area contributed by atoms with Gasteiger partial charge in [0, 0.05) is 14.6 Å². The third-order valence-electron chi connectivity index (χ3n) is 2.62. The Bertz CT molecular complexity index is 911. The predicted octanol–water partition coefficient (Wildman–Crippen LogP) is 2.66. The maximum absolute atomic E-state index is 12.4. The van der Waals surface area contributed by atoms with Crippen molar-refractivity contribution in [3.8, 4) is 0 Å². The lowest BCUT2D eigenvalue weighted by atomic mass is 10.3. The first-order valence-electron chi connectivity index (χ1n) is 5.70.